The molecule has 3 rings (SSSR count). The summed E-state index contributed by atoms with van der Waals surface area (Å²) in [6.07, 6.45) is 2.10. The lowest BCUT2D eigenvalue weighted by molar-refractivity contribution is 0.0697. The number of nitrogens with zero attached hydrogens (tertiary/aromatic N) is 2. The Morgan fingerprint density at radius 2 is 1.24 bits per heavy atom. The van der Waals surface area contributed by atoms with Crippen LogP contribution in [0.25, 0.3) is 0 Å². The molecule has 4 heteroatoms. The lowest BCUT2D eigenvalue weighted by Crippen LogP contribution is -2.47. The number of benzene rings is 2. The van der Waals surface area contributed by atoms with Crippen LogP contribution in [-0.2, 0) is 12.8 Å². The fraction of sp³-hybridized carbons (Fsp3) is 0.381. The quantitative estimate of drug-likeness (QED) is 0.843. The first kappa shape index (κ1) is 17.6. The maximum Gasteiger partial charge on any atom is 0.335 e. The van der Waals surface area contributed by atoms with Gasteiger partial charge in [0.2, 0.25) is 0 Å². The molecule has 1 saturated heterocycles. The van der Waals surface area contributed by atoms with E-state index in [-0.39, 0.29) is 0 Å². The van der Waals surface area contributed by atoms with Crippen LogP contribution < -0.4 is 0 Å². The van der Waals surface area contributed by atoms with Gasteiger partial charge in [0.15, 0.2) is 0 Å². The van der Waals surface area contributed by atoms with E-state index < -0.39 is 5.97 Å². The molecule has 0 bridgehead atoms. The molecule has 1 N–H and O–H groups in total. The third-order valence-electron chi connectivity index (χ3n) is 4.94. The van der Waals surface area contributed by atoms with Crippen molar-refractivity contribution < 1.29 is 9.90 Å². The molecule has 0 spiro atoms. The minimum atomic E-state index is -0.863. The monoisotopic (exact) mass is 338 g/mol. The normalized spacial score (nSPS) is 16.0. The minimum Gasteiger partial charge on any atom is -0.478 e. The van der Waals surface area contributed by atoms with E-state index in [1.54, 1.807) is 12.1 Å². The van der Waals surface area contributed by atoms with Crippen LogP contribution in [0.3, 0.4) is 0 Å². The van der Waals surface area contributed by atoms with Crippen LogP contribution in [0.5, 0.6) is 0 Å². The van der Waals surface area contributed by atoms with E-state index in [4.69, 9.17) is 5.11 Å². The largest absolute Gasteiger partial charge is 0.478 e. The van der Waals surface area contributed by atoms with E-state index in [0.717, 1.165) is 52.1 Å². The van der Waals surface area contributed by atoms with Crippen LogP contribution >= 0.6 is 0 Å². The highest BCUT2D eigenvalue weighted by Crippen LogP contribution is 2.09. The van der Waals surface area contributed by atoms with E-state index in [1.165, 1.54) is 11.1 Å². The molecule has 2 aromatic rings. The Bertz CT molecular complexity index is 662. The van der Waals surface area contributed by atoms with Crippen molar-refractivity contribution in [2.45, 2.75) is 12.8 Å². The fourth-order valence-corrected chi connectivity index (χ4v) is 3.27. The Labute approximate surface area is 149 Å². The maximum atomic E-state index is 10.9. The predicted octanol–water partition coefficient (Wildman–Crippen LogP) is 2.79. The van der Waals surface area contributed by atoms with Crippen molar-refractivity contribution in [3.05, 3.63) is 71.3 Å². The Kier molecular flexibility index (Phi) is 6.20. The molecule has 1 aliphatic rings. The van der Waals surface area contributed by atoms with Crippen molar-refractivity contribution in [2.24, 2.45) is 0 Å². The first-order chi connectivity index (χ1) is 12.2. The van der Waals surface area contributed by atoms with Gasteiger partial charge >= 0.3 is 5.97 Å². The molecule has 0 aliphatic carbocycles. The molecule has 4 nitrogen and oxygen atoms in total. The van der Waals surface area contributed by atoms with E-state index in [2.05, 4.69) is 40.1 Å². The summed E-state index contributed by atoms with van der Waals surface area (Å²) >= 11 is 0. The number of carboxylic acid groups (broad SMARTS) is 1. The van der Waals surface area contributed by atoms with Gasteiger partial charge in [0.05, 0.1) is 5.56 Å². The zero-order valence-corrected chi connectivity index (χ0v) is 14.6. The molecule has 1 aliphatic heterocycles. The summed E-state index contributed by atoms with van der Waals surface area (Å²) in [5.74, 6) is -0.863. The Morgan fingerprint density at radius 3 is 1.72 bits per heavy atom. The molecule has 25 heavy (non-hydrogen) atoms. The molecule has 0 amide bonds. The van der Waals surface area contributed by atoms with E-state index in [0.29, 0.717) is 5.56 Å². The number of aromatic carboxylic acids is 1. The molecule has 1 fully saturated rings. The average molecular weight is 338 g/mol. The molecular formula is C21H26N2O2. The first-order valence-corrected chi connectivity index (χ1v) is 9.01. The third-order valence-corrected chi connectivity index (χ3v) is 4.94. The predicted molar refractivity (Wildman–Crippen MR) is 100 cm³/mol. The van der Waals surface area contributed by atoms with Crippen molar-refractivity contribution in [3.8, 4) is 0 Å². The molecule has 0 unspecified atom stereocenters. The number of piperazine rings is 1. The number of rotatable bonds is 7. The van der Waals surface area contributed by atoms with Crippen LogP contribution in [0.1, 0.15) is 21.5 Å². The van der Waals surface area contributed by atoms with Gasteiger partial charge < -0.3 is 14.9 Å². The minimum absolute atomic E-state index is 0.357. The smallest absolute Gasteiger partial charge is 0.335 e. The number of carboxylic acids is 1. The summed E-state index contributed by atoms with van der Waals surface area (Å²) < 4.78 is 0. The van der Waals surface area contributed by atoms with Gasteiger partial charge in [0.1, 0.15) is 0 Å². The van der Waals surface area contributed by atoms with Gasteiger partial charge in [-0.1, -0.05) is 42.5 Å². The highest BCUT2D eigenvalue weighted by molar-refractivity contribution is 5.87. The zero-order valence-electron chi connectivity index (χ0n) is 14.6. The highest BCUT2D eigenvalue weighted by atomic mass is 16.4. The summed E-state index contributed by atoms with van der Waals surface area (Å²) in [7, 11) is 0. The molecule has 2 aromatic carbocycles. The van der Waals surface area contributed by atoms with Crippen molar-refractivity contribution in [3.63, 3.8) is 0 Å². The molecule has 0 aromatic heterocycles. The Morgan fingerprint density at radius 1 is 0.760 bits per heavy atom. The van der Waals surface area contributed by atoms with Crippen molar-refractivity contribution in [1.82, 2.24) is 9.80 Å². The summed E-state index contributed by atoms with van der Waals surface area (Å²) in [4.78, 5) is 15.9. The zero-order chi connectivity index (χ0) is 17.5. The SMILES string of the molecule is O=C(O)c1ccc(CCN2CCN(CCc3ccccc3)CC2)cc1. The number of hydrogen-bond acceptors (Lipinski definition) is 3. The summed E-state index contributed by atoms with van der Waals surface area (Å²) in [6, 6.07) is 17.9. The molecule has 0 atom stereocenters. The first-order valence-electron chi connectivity index (χ1n) is 9.01. The Balaban J connectivity index is 1.37. The molecule has 1 heterocycles. The molecule has 132 valence electrons. The second-order valence-electron chi connectivity index (χ2n) is 6.67. The van der Waals surface area contributed by atoms with Crippen molar-refractivity contribution in [1.29, 1.82) is 0 Å². The fourth-order valence-electron chi connectivity index (χ4n) is 3.27. The summed E-state index contributed by atoms with van der Waals surface area (Å²) in [5.41, 5.74) is 2.97. The molecular weight excluding hydrogens is 312 g/mol. The number of hydrogen-bond donors (Lipinski definition) is 1. The van der Waals surface area contributed by atoms with Crippen LogP contribution in [0.2, 0.25) is 0 Å². The molecule has 0 radical (unpaired) electrons. The number of carbonyl (C=O) groups is 1. The van der Waals surface area contributed by atoms with Gasteiger partial charge in [-0.25, -0.2) is 4.79 Å². The standard InChI is InChI=1S/C21H26N2O2/c24-21(25)20-8-6-19(7-9-20)11-13-23-16-14-22(15-17-23)12-10-18-4-2-1-3-5-18/h1-9H,10-17H2,(H,24,25). The van der Waals surface area contributed by atoms with Gasteiger partial charge in [-0.05, 0) is 36.1 Å². The van der Waals surface area contributed by atoms with Gasteiger partial charge in [-0.2, -0.15) is 0 Å². The van der Waals surface area contributed by atoms with Crippen LogP contribution in [0, 0.1) is 0 Å². The van der Waals surface area contributed by atoms with E-state index in [9.17, 15) is 4.79 Å². The van der Waals surface area contributed by atoms with Crippen LogP contribution in [-0.4, -0.2) is 60.1 Å². The average Bonchev–Trinajstić information content (AvgIpc) is 2.67. The van der Waals surface area contributed by atoms with Crippen LogP contribution in [0.15, 0.2) is 54.6 Å². The molecule has 0 saturated carbocycles. The lowest BCUT2D eigenvalue weighted by Gasteiger charge is -2.34. The topological polar surface area (TPSA) is 43.8 Å². The van der Waals surface area contributed by atoms with Gasteiger partial charge in [-0.15, -0.1) is 0 Å². The van der Waals surface area contributed by atoms with Crippen LogP contribution in [0.4, 0.5) is 0 Å². The second kappa shape index (κ2) is 8.79. The summed E-state index contributed by atoms with van der Waals surface area (Å²) in [6.45, 7) is 6.66. The van der Waals surface area contributed by atoms with Crippen molar-refractivity contribution in [2.75, 3.05) is 39.3 Å². The lowest BCUT2D eigenvalue weighted by atomic mass is 10.1. The van der Waals surface area contributed by atoms with Gasteiger partial charge in [0.25, 0.3) is 0 Å². The van der Waals surface area contributed by atoms with Crippen molar-refractivity contribution >= 4 is 5.97 Å². The Hall–Kier alpha value is -2.17. The van der Waals surface area contributed by atoms with E-state index >= 15 is 0 Å². The summed E-state index contributed by atoms with van der Waals surface area (Å²) in [5, 5.41) is 8.94. The maximum absolute atomic E-state index is 10.9. The third kappa shape index (κ3) is 5.41. The highest BCUT2D eigenvalue weighted by Gasteiger charge is 2.16. The van der Waals surface area contributed by atoms with Gasteiger partial charge in [0, 0.05) is 39.3 Å². The van der Waals surface area contributed by atoms with E-state index in [1.807, 2.05) is 12.1 Å². The second-order valence-corrected chi connectivity index (χ2v) is 6.67. The van der Waals surface area contributed by atoms with Gasteiger partial charge in [-0.3, -0.25) is 0 Å².